The predicted octanol–water partition coefficient (Wildman–Crippen LogP) is 3.67. The van der Waals surface area contributed by atoms with E-state index in [1.54, 1.807) is 0 Å². The summed E-state index contributed by atoms with van der Waals surface area (Å²) in [6, 6.07) is 5.17. The first kappa shape index (κ1) is 13.3. The van der Waals surface area contributed by atoms with Crippen LogP contribution in [0.4, 0.5) is 17.6 Å². The van der Waals surface area contributed by atoms with Crippen LogP contribution in [0.15, 0.2) is 36.4 Å². The smallest absolute Gasteiger partial charge is 0.170 e. The zero-order valence-corrected chi connectivity index (χ0v) is 9.59. The zero-order chi connectivity index (χ0) is 14.0. The van der Waals surface area contributed by atoms with Crippen LogP contribution in [0.5, 0.6) is 0 Å². The van der Waals surface area contributed by atoms with E-state index in [2.05, 4.69) is 0 Å². The summed E-state index contributed by atoms with van der Waals surface area (Å²) in [5, 5.41) is 0. The molecule has 0 aliphatic carbocycles. The van der Waals surface area contributed by atoms with Crippen LogP contribution in [-0.4, -0.2) is 5.78 Å². The third-order valence-electron chi connectivity index (χ3n) is 2.59. The molecule has 0 radical (unpaired) electrons. The molecule has 0 spiro atoms. The minimum atomic E-state index is -0.898. The first-order valence-corrected chi connectivity index (χ1v) is 5.39. The van der Waals surface area contributed by atoms with Crippen molar-refractivity contribution in [3.63, 3.8) is 0 Å². The van der Waals surface area contributed by atoms with E-state index in [1.165, 1.54) is 0 Å². The van der Waals surface area contributed by atoms with Crippen molar-refractivity contribution in [1.29, 1.82) is 0 Å². The molecule has 19 heavy (non-hydrogen) atoms. The molecule has 98 valence electrons. The number of carbonyl (C=O) groups excluding carboxylic acids is 1. The molecule has 0 atom stereocenters. The van der Waals surface area contributed by atoms with E-state index in [4.69, 9.17) is 0 Å². The fraction of sp³-hybridized carbons (Fsp3) is 0.0714. The standard InChI is InChI=1S/C14H8F4O/c15-9-3-4-12(17)11(6-9)14(19)5-8-1-2-10(16)7-13(8)18/h1-4,6-7H,5H2. The fourth-order valence-corrected chi connectivity index (χ4v) is 1.64. The van der Waals surface area contributed by atoms with Gasteiger partial charge in [0.15, 0.2) is 5.78 Å². The Kier molecular flexibility index (Phi) is 3.64. The first-order chi connectivity index (χ1) is 8.97. The number of carbonyl (C=O) groups is 1. The first-order valence-electron chi connectivity index (χ1n) is 5.39. The molecule has 5 heteroatoms. The van der Waals surface area contributed by atoms with Gasteiger partial charge in [0.25, 0.3) is 0 Å². The molecule has 0 fully saturated rings. The largest absolute Gasteiger partial charge is 0.294 e. The van der Waals surface area contributed by atoms with E-state index >= 15 is 0 Å². The maximum Gasteiger partial charge on any atom is 0.170 e. The van der Waals surface area contributed by atoms with Crippen molar-refractivity contribution >= 4 is 5.78 Å². The normalized spacial score (nSPS) is 10.5. The van der Waals surface area contributed by atoms with Gasteiger partial charge in [-0.1, -0.05) is 6.07 Å². The number of rotatable bonds is 3. The highest BCUT2D eigenvalue weighted by Gasteiger charge is 2.15. The Morgan fingerprint density at radius 2 is 1.47 bits per heavy atom. The van der Waals surface area contributed by atoms with E-state index in [0.29, 0.717) is 6.07 Å². The summed E-state index contributed by atoms with van der Waals surface area (Å²) >= 11 is 0. The van der Waals surface area contributed by atoms with E-state index in [1.807, 2.05) is 0 Å². The molecule has 2 aromatic rings. The molecule has 2 rings (SSSR count). The van der Waals surface area contributed by atoms with Gasteiger partial charge in [0, 0.05) is 12.5 Å². The van der Waals surface area contributed by atoms with Crippen LogP contribution in [0, 0.1) is 23.3 Å². The number of Topliss-reactive ketones (excluding diaryl/α,β-unsaturated/α-hetero) is 1. The number of hydrogen-bond donors (Lipinski definition) is 0. The summed E-state index contributed by atoms with van der Waals surface area (Å²) in [5.74, 6) is -4.09. The Morgan fingerprint density at radius 3 is 2.16 bits per heavy atom. The van der Waals surface area contributed by atoms with Crippen LogP contribution in [0.25, 0.3) is 0 Å². The Labute approximate surface area is 106 Å². The molecule has 0 bridgehead atoms. The lowest BCUT2D eigenvalue weighted by Crippen LogP contribution is -2.08. The summed E-state index contributed by atoms with van der Waals surface area (Å²) in [7, 11) is 0. The molecule has 0 amide bonds. The average Bonchev–Trinajstić information content (AvgIpc) is 2.35. The summed E-state index contributed by atoms with van der Waals surface area (Å²) < 4.78 is 52.3. The Hall–Kier alpha value is -2.17. The molecular formula is C14H8F4O. The van der Waals surface area contributed by atoms with Gasteiger partial charge in [0.1, 0.15) is 23.3 Å². The Morgan fingerprint density at radius 1 is 0.842 bits per heavy atom. The molecule has 0 saturated heterocycles. The van der Waals surface area contributed by atoms with Gasteiger partial charge in [0.2, 0.25) is 0 Å². The van der Waals surface area contributed by atoms with Crippen LogP contribution >= 0.6 is 0 Å². The second kappa shape index (κ2) is 5.22. The average molecular weight is 268 g/mol. The molecule has 0 saturated carbocycles. The number of hydrogen-bond acceptors (Lipinski definition) is 1. The zero-order valence-electron chi connectivity index (χ0n) is 9.59. The lowest BCUT2D eigenvalue weighted by atomic mass is 10.0. The van der Waals surface area contributed by atoms with E-state index in [9.17, 15) is 22.4 Å². The van der Waals surface area contributed by atoms with E-state index in [-0.39, 0.29) is 5.56 Å². The van der Waals surface area contributed by atoms with Gasteiger partial charge in [-0.05, 0) is 29.8 Å². The molecule has 0 heterocycles. The topological polar surface area (TPSA) is 17.1 Å². The summed E-state index contributed by atoms with van der Waals surface area (Å²) in [6.45, 7) is 0. The maximum atomic E-state index is 13.3. The molecule has 1 nitrogen and oxygen atoms in total. The van der Waals surface area contributed by atoms with Crippen LogP contribution in [0.3, 0.4) is 0 Å². The van der Waals surface area contributed by atoms with Gasteiger partial charge >= 0.3 is 0 Å². The van der Waals surface area contributed by atoms with Gasteiger partial charge in [-0.15, -0.1) is 0 Å². The number of halogens is 4. The van der Waals surface area contributed by atoms with Crippen LogP contribution in [0.2, 0.25) is 0 Å². The van der Waals surface area contributed by atoms with Crippen molar-refractivity contribution in [2.45, 2.75) is 6.42 Å². The maximum absolute atomic E-state index is 13.3. The van der Waals surface area contributed by atoms with Crippen molar-refractivity contribution < 1.29 is 22.4 Å². The van der Waals surface area contributed by atoms with Crippen LogP contribution in [0.1, 0.15) is 15.9 Å². The molecule has 0 aliphatic heterocycles. The minimum absolute atomic E-state index is 0.0740. The molecular weight excluding hydrogens is 260 g/mol. The number of benzene rings is 2. The van der Waals surface area contributed by atoms with Gasteiger partial charge in [-0.2, -0.15) is 0 Å². The summed E-state index contributed by atoms with van der Waals surface area (Å²) in [6.07, 6.45) is -0.466. The lowest BCUT2D eigenvalue weighted by Gasteiger charge is -2.04. The third kappa shape index (κ3) is 2.99. The summed E-state index contributed by atoms with van der Waals surface area (Å²) in [4.78, 5) is 11.8. The van der Waals surface area contributed by atoms with Crippen LogP contribution in [-0.2, 0) is 6.42 Å². The van der Waals surface area contributed by atoms with E-state index in [0.717, 1.165) is 30.3 Å². The van der Waals surface area contributed by atoms with Crippen molar-refractivity contribution in [1.82, 2.24) is 0 Å². The van der Waals surface area contributed by atoms with Crippen molar-refractivity contribution in [3.05, 3.63) is 70.8 Å². The van der Waals surface area contributed by atoms with Gasteiger partial charge in [-0.3, -0.25) is 4.79 Å². The lowest BCUT2D eigenvalue weighted by molar-refractivity contribution is 0.0987. The second-order valence-electron chi connectivity index (χ2n) is 3.96. The van der Waals surface area contributed by atoms with Crippen LogP contribution < -0.4 is 0 Å². The highest BCUT2D eigenvalue weighted by atomic mass is 19.1. The van der Waals surface area contributed by atoms with E-state index < -0.39 is 41.0 Å². The Bertz CT molecular complexity index is 637. The second-order valence-corrected chi connectivity index (χ2v) is 3.96. The highest BCUT2D eigenvalue weighted by Crippen LogP contribution is 2.16. The molecule has 0 unspecified atom stereocenters. The molecule has 0 N–H and O–H groups in total. The van der Waals surface area contributed by atoms with Gasteiger partial charge < -0.3 is 0 Å². The minimum Gasteiger partial charge on any atom is -0.294 e. The van der Waals surface area contributed by atoms with Crippen molar-refractivity contribution in [2.24, 2.45) is 0 Å². The highest BCUT2D eigenvalue weighted by molar-refractivity contribution is 5.97. The predicted molar refractivity (Wildman–Crippen MR) is 60.8 cm³/mol. The molecule has 0 aromatic heterocycles. The quantitative estimate of drug-likeness (QED) is 0.613. The monoisotopic (exact) mass is 268 g/mol. The van der Waals surface area contributed by atoms with Gasteiger partial charge in [-0.25, -0.2) is 17.6 Å². The summed E-state index contributed by atoms with van der Waals surface area (Å²) in [5.41, 5.74) is -0.529. The van der Waals surface area contributed by atoms with Crippen molar-refractivity contribution in [2.75, 3.05) is 0 Å². The molecule has 2 aromatic carbocycles. The fourth-order valence-electron chi connectivity index (χ4n) is 1.64. The third-order valence-corrected chi connectivity index (χ3v) is 2.59. The van der Waals surface area contributed by atoms with Crippen molar-refractivity contribution in [3.8, 4) is 0 Å². The molecule has 0 aliphatic rings. The Balaban J connectivity index is 2.28. The van der Waals surface area contributed by atoms with Gasteiger partial charge in [0.05, 0.1) is 5.56 Å². The number of ketones is 1. The SMILES string of the molecule is O=C(Cc1ccc(F)cc1F)c1cc(F)ccc1F.